The van der Waals surface area contributed by atoms with Crippen molar-refractivity contribution in [3.05, 3.63) is 35.9 Å². The van der Waals surface area contributed by atoms with Crippen LogP contribution in [0.3, 0.4) is 0 Å². The molecule has 0 saturated heterocycles. The minimum absolute atomic E-state index is 0.438. The van der Waals surface area contributed by atoms with Crippen LogP contribution in [0.2, 0.25) is 0 Å². The Labute approximate surface area is 93.9 Å². The summed E-state index contributed by atoms with van der Waals surface area (Å²) in [5, 5.41) is 0. The molecule has 74 valence electrons. The molecule has 0 saturated carbocycles. The molecule has 0 spiro atoms. The third-order valence-corrected chi connectivity index (χ3v) is 3.18. The predicted molar refractivity (Wildman–Crippen MR) is 65.9 cm³/mol. The van der Waals surface area contributed by atoms with E-state index < -0.39 is 4.75 Å². The van der Waals surface area contributed by atoms with Crippen LogP contribution in [0.25, 0.3) is 0 Å². The van der Waals surface area contributed by atoms with Crippen molar-refractivity contribution in [1.29, 1.82) is 0 Å². The Bertz CT molecular complexity index is 330. The number of carbonyl (C=O) groups excluding carboxylic acids is 1. The molecular formula is C11H12OS2. The Morgan fingerprint density at radius 3 is 2.43 bits per heavy atom. The van der Waals surface area contributed by atoms with E-state index in [1.54, 1.807) is 0 Å². The largest absolute Gasteiger partial charge is 0.302 e. The van der Waals surface area contributed by atoms with Crippen molar-refractivity contribution in [3.8, 4) is 0 Å². The normalized spacial score (nSPS) is 11.0. The predicted octanol–water partition coefficient (Wildman–Crippen LogP) is 3.07. The average Bonchev–Trinajstić information content (AvgIpc) is 2.19. The molecule has 0 N–H and O–H groups in total. The van der Waals surface area contributed by atoms with Gasteiger partial charge in [-0.15, -0.1) is 11.8 Å². The van der Waals surface area contributed by atoms with Crippen LogP contribution >= 0.6 is 24.0 Å². The lowest BCUT2D eigenvalue weighted by molar-refractivity contribution is -0.109. The summed E-state index contributed by atoms with van der Waals surface area (Å²) in [6.45, 7) is 3.72. The van der Waals surface area contributed by atoms with Crippen LogP contribution in [0.15, 0.2) is 30.3 Å². The lowest BCUT2D eigenvalue weighted by Gasteiger charge is -2.16. The fourth-order valence-corrected chi connectivity index (χ4v) is 2.46. The van der Waals surface area contributed by atoms with Gasteiger partial charge in [0.15, 0.2) is 0 Å². The van der Waals surface area contributed by atoms with E-state index in [1.807, 2.05) is 44.2 Å². The Morgan fingerprint density at radius 2 is 1.93 bits per heavy atom. The van der Waals surface area contributed by atoms with Gasteiger partial charge in [0.1, 0.15) is 6.29 Å². The molecule has 0 aliphatic rings. The summed E-state index contributed by atoms with van der Waals surface area (Å²) >= 11 is 6.66. The van der Waals surface area contributed by atoms with Crippen molar-refractivity contribution in [1.82, 2.24) is 0 Å². The number of benzene rings is 1. The molecule has 0 bridgehead atoms. The molecule has 1 rings (SSSR count). The number of aldehydes is 1. The Kier molecular flexibility index (Phi) is 3.84. The second-order valence-corrected chi connectivity index (χ2v) is 5.81. The van der Waals surface area contributed by atoms with E-state index >= 15 is 0 Å². The van der Waals surface area contributed by atoms with Gasteiger partial charge < -0.3 is 4.79 Å². The van der Waals surface area contributed by atoms with Gasteiger partial charge in [0.25, 0.3) is 0 Å². The number of hydrogen-bond acceptors (Lipinski definition) is 3. The van der Waals surface area contributed by atoms with Crippen LogP contribution in [0, 0.1) is 0 Å². The third-order valence-electron chi connectivity index (χ3n) is 1.65. The van der Waals surface area contributed by atoms with Gasteiger partial charge in [-0.1, -0.05) is 42.5 Å². The van der Waals surface area contributed by atoms with E-state index in [4.69, 9.17) is 12.2 Å². The zero-order valence-corrected chi connectivity index (χ0v) is 9.82. The molecule has 14 heavy (non-hydrogen) atoms. The molecule has 1 nitrogen and oxygen atoms in total. The van der Waals surface area contributed by atoms with Crippen LogP contribution in [-0.2, 0) is 4.79 Å². The lowest BCUT2D eigenvalue weighted by Crippen LogP contribution is -2.18. The number of thiocarbonyl (C=S) groups is 1. The first-order valence-corrected chi connectivity index (χ1v) is 5.52. The Balaban J connectivity index is 2.74. The maximum Gasteiger partial charge on any atom is 0.135 e. The Morgan fingerprint density at radius 1 is 1.36 bits per heavy atom. The van der Waals surface area contributed by atoms with Crippen LogP contribution < -0.4 is 0 Å². The van der Waals surface area contributed by atoms with Crippen LogP contribution in [0.1, 0.15) is 19.4 Å². The lowest BCUT2D eigenvalue weighted by atomic mass is 10.2. The number of carbonyl (C=O) groups is 1. The highest BCUT2D eigenvalue weighted by atomic mass is 32.2. The second kappa shape index (κ2) is 4.71. The summed E-state index contributed by atoms with van der Waals surface area (Å²) in [5.74, 6) is 0. The quantitative estimate of drug-likeness (QED) is 0.580. The highest BCUT2D eigenvalue weighted by Crippen LogP contribution is 2.26. The van der Waals surface area contributed by atoms with E-state index in [2.05, 4.69) is 0 Å². The summed E-state index contributed by atoms with van der Waals surface area (Å²) in [4.78, 5) is 10.7. The van der Waals surface area contributed by atoms with Crippen molar-refractivity contribution >= 4 is 34.5 Å². The fourth-order valence-electron chi connectivity index (χ4n) is 0.896. The van der Waals surface area contributed by atoms with Gasteiger partial charge >= 0.3 is 0 Å². The van der Waals surface area contributed by atoms with E-state index in [0.717, 1.165) is 16.0 Å². The molecule has 0 radical (unpaired) electrons. The molecule has 0 aliphatic heterocycles. The summed E-state index contributed by atoms with van der Waals surface area (Å²) in [6.07, 6.45) is 0.924. The zero-order valence-electron chi connectivity index (χ0n) is 8.19. The molecule has 1 aromatic rings. The highest BCUT2D eigenvalue weighted by molar-refractivity contribution is 8.24. The molecule has 1 aromatic carbocycles. The fraction of sp³-hybridized carbons (Fsp3) is 0.273. The van der Waals surface area contributed by atoms with E-state index in [9.17, 15) is 4.79 Å². The van der Waals surface area contributed by atoms with Gasteiger partial charge in [-0.25, -0.2) is 0 Å². The molecule has 0 fully saturated rings. The summed E-state index contributed by atoms with van der Waals surface area (Å²) in [7, 11) is 0. The Hall–Kier alpha value is -0.670. The van der Waals surface area contributed by atoms with E-state index in [-0.39, 0.29) is 0 Å². The molecular weight excluding hydrogens is 212 g/mol. The van der Waals surface area contributed by atoms with E-state index in [1.165, 1.54) is 11.8 Å². The number of rotatable bonds is 3. The van der Waals surface area contributed by atoms with Gasteiger partial charge in [-0.3, -0.25) is 0 Å². The molecule has 0 aliphatic carbocycles. The number of thioether (sulfide) groups is 1. The first-order chi connectivity index (χ1) is 6.55. The summed E-state index contributed by atoms with van der Waals surface area (Å²) in [5.41, 5.74) is 1.00. The molecule has 3 heteroatoms. The van der Waals surface area contributed by atoms with Gasteiger partial charge in [0.2, 0.25) is 0 Å². The van der Waals surface area contributed by atoms with Gasteiger partial charge in [0.05, 0.1) is 8.94 Å². The molecule has 0 atom stereocenters. The van der Waals surface area contributed by atoms with Gasteiger partial charge in [-0.2, -0.15) is 0 Å². The monoisotopic (exact) mass is 224 g/mol. The van der Waals surface area contributed by atoms with Crippen molar-refractivity contribution in [2.24, 2.45) is 0 Å². The van der Waals surface area contributed by atoms with E-state index in [0.29, 0.717) is 0 Å². The summed E-state index contributed by atoms with van der Waals surface area (Å²) < 4.78 is 0.329. The highest BCUT2D eigenvalue weighted by Gasteiger charge is 2.20. The average molecular weight is 224 g/mol. The maximum absolute atomic E-state index is 10.7. The standard InChI is InChI=1S/C11H12OS2/c1-11(2,8-12)14-10(13)9-6-4-3-5-7-9/h3-8H,1-2H3. The molecule has 0 amide bonds. The van der Waals surface area contributed by atoms with Crippen molar-refractivity contribution in [2.45, 2.75) is 18.6 Å². The SMILES string of the molecule is CC(C)(C=O)SC(=S)c1ccccc1. The maximum atomic E-state index is 10.7. The van der Waals surface area contributed by atoms with Gasteiger partial charge in [0, 0.05) is 0 Å². The third kappa shape index (κ3) is 3.24. The second-order valence-electron chi connectivity index (χ2n) is 3.48. The van der Waals surface area contributed by atoms with Crippen molar-refractivity contribution in [2.75, 3.05) is 0 Å². The zero-order chi connectivity index (χ0) is 10.6. The smallest absolute Gasteiger partial charge is 0.135 e. The van der Waals surface area contributed by atoms with Gasteiger partial charge in [-0.05, 0) is 19.4 Å². The first kappa shape index (κ1) is 11.4. The molecule has 0 aromatic heterocycles. The first-order valence-electron chi connectivity index (χ1n) is 4.30. The minimum Gasteiger partial charge on any atom is -0.302 e. The van der Waals surface area contributed by atoms with Crippen molar-refractivity contribution < 1.29 is 4.79 Å². The van der Waals surface area contributed by atoms with Crippen LogP contribution in [0.5, 0.6) is 0 Å². The summed E-state index contributed by atoms with van der Waals surface area (Å²) in [6, 6.07) is 9.74. The van der Waals surface area contributed by atoms with Crippen LogP contribution in [0.4, 0.5) is 0 Å². The molecule has 0 unspecified atom stereocenters. The minimum atomic E-state index is -0.438. The topological polar surface area (TPSA) is 17.1 Å². The van der Waals surface area contributed by atoms with Crippen LogP contribution in [-0.4, -0.2) is 15.2 Å². The number of hydrogen-bond donors (Lipinski definition) is 0. The van der Waals surface area contributed by atoms with Crippen molar-refractivity contribution in [3.63, 3.8) is 0 Å². The molecule has 0 heterocycles.